The molecule has 0 bridgehead atoms. The fourth-order valence-electron chi connectivity index (χ4n) is 3.30. The normalized spacial score (nSPS) is 20.0. The summed E-state index contributed by atoms with van der Waals surface area (Å²) in [6.07, 6.45) is 0. The number of nitrogens with zero attached hydrogens (tertiary/aromatic N) is 1. The molecule has 138 valence electrons. The Balaban J connectivity index is 2.18. The molecule has 25 heavy (non-hydrogen) atoms. The summed E-state index contributed by atoms with van der Waals surface area (Å²) in [4.78, 5) is 14.9. The number of carbonyl (C=O) groups excluding carboxylic acids is 1. The summed E-state index contributed by atoms with van der Waals surface area (Å²) < 4.78 is 5.03. The smallest absolute Gasteiger partial charge is 0.225 e. The molecule has 0 aromatic heterocycles. The Labute approximate surface area is 156 Å². The fourth-order valence-corrected chi connectivity index (χ4v) is 3.68. The molecule has 1 aliphatic rings. The van der Waals surface area contributed by atoms with Crippen LogP contribution in [0.25, 0.3) is 0 Å². The minimum atomic E-state index is -0.120. The van der Waals surface area contributed by atoms with Crippen molar-refractivity contribution in [2.24, 2.45) is 5.92 Å². The molecule has 1 aromatic rings. The largest absolute Gasteiger partial charge is 0.383 e. The first-order valence-electron chi connectivity index (χ1n) is 8.81. The van der Waals surface area contributed by atoms with Gasteiger partial charge in [-0.25, -0.2) is 0 Å². The Morgan fingerprint density at radius 1 is 1.36 bits per heavy atom. The molecule has 1 aliphatic heterocycles. The number of amides is 1. The lowest BCUT2D eigenvalue weighted by Crippen LogP contribution is -2.42. The summed E-state index contributed by atoms with van der Waals surface area (Å²) in [6.45, 7) is 8.67. The van der Waals surface area contributed by atoms with E-state index in [9.17, 15) is 4.79 Å². The number of rotatable bonds is 6. The van der Waals surface area contributed by atoms with Crippen molar-refractivity contribution in [3.8, 4) is 0 Å². The van der Waals surface area contributed by atoms with E-state index < -0.39 is 0 Å². The minimum Gasteiger partial charge on any atom is -0.383 e. The van der Waals surface area contributed by atoms with Crippen LogP contribution in [0.5, 0.6) is 0 Å². The van der Waals surface area contributed by atoms with Gasteiger partial charge in [-0.1, -0.05) is 24.3 Å². The molecule has 1 amide bonds. The first-order valence-corrected chi connectivity index (χ1v) is 9.22. The van der Waals surface area contributed by atoms with Crippen molar-refractivity contribution in [2.45, 2.75) is 32.7 Å². The van der Waals surface area contributed by atoms with Crippen molar-refractivity contribution in [3.05, 3.63) is 35.4 Å². The molecule has 5 nitrogen and oxygen atoms in total. The maximum Gasteiger partial charge on any atom is 0.225 e. The van der Waals surface area contributed by atoms with E-state index in [4.69, 9.17) is 17.0 Å². The van der Waals surface area contributed by atoms with E-state index in [1.165, 1.54) is 11.1 Å². The highest BCUT2D eigenvalue weighted by Gasteiger charge is 2.39. The maximum atomic E-state index is 12.7. The van der Waals surface area contributed by atoms with Crippen molar-refractivity contribution in [1.29, 1.82) is 0 Å². The molecule has 0 saturated carbocycles. The van der Waals surface area contributed by atoms with Gasteiger partial charge in [-0.05, 0) is 44.1 Å². The number of likely N-dealkylation sites (tertiary alicyclic amines) is 1. The second-order valence-electron chi connectivity index (χ2n) is 6.86. The Morgan fingerprint density at radius 2 is 2.08 bits per heavy atom. The van der Waals surface area contributed by atoms with Crippen LogP contribution in [0.2, 0.25) is 0 Å². The van der Waals surface area contributed by atoms with Crippen LogP contribution >= 0.6 is 12.2 Å². The molecule has 0 spiro atoms. The number of aryl methyl sites for hydroxylation is 1. The van der Waals surface area contributed by atoms with Crippen LogP contribution in [0, 0.1) is 12.8 Å². The Morgan fingerprint density at radius 3 is 2.72 bits per heavy atom. The van der Waals surface area contributed by atoms with Gasteiger partial charge >= 0.3 is 0 Å². The minimum absolute atomic E-state index is 0.0696. The van der Waals surface area contributed by atoms with E-state index in [-0.39, 0.29) is 23.8 Å². The number of ether oxygens (including phenoxy) is 1. The highest BCUT2D eigenvalue weighted by Crippen LogP contribution is 2.34. The summed E-state index contributed by atoms with van der Waals surface area (Å²) in [5, 5.41) is 7.00. The van der Waals surface area contributed by atoms with Crippen LogP contribution in [-0.2, 0) is 9.53 Å². The number of carbonyl (C=O) groups is 1. The van der Waals surface area contributed by atoms with E-state index in [2.05, 4.69) is 48.4 Å². The van der Waals surface area contributed by atoms with Crippen LogP contribution in [0.4, 0.5) is 0 Å². The van der Waals surface area contributed by atoms with Crippen LogP contribution in [-0.4, -0.2) is 55.3 Å². The predicted octanol–water partition coefficient (Wildman–Crippen LogP) is 2.06. The second kappa shape index (κ2) is 9.15. The van der Waals surface area contributed by atoms with Gasteiger partial charge in [0.05, 0.1) is 12.5 Å². The lowest BCUT2D eigenvalue weighted by Gasteiger charge is -2.22. The van der Waals surface area contributed by atoms with Crippen molar-refractivity contribution >= 4 is 23.2 Å². The Hall–Kier alpha value is -1.66. The molecule has 1 saturated heterocycles. The molecule has 0 radical (unpaired) electrons. The molecular weight excluding hydrogens is 334 g/mol. The topological polar surface area (TPSA) is 53.6 Å². The van der Waals surface area contributed by atoms with Gasteiger partial charge < -0.3 is 20.3 Å². The maximum absolute atomic E-state index is 12.7. The van der Waals surface area contributed by atoms with Crippen molar-refractivity contribution in [1.82, 2.24) is 15.5 Å². The highest BCUT2D eigenvalue weighted by atomic mass is 32.1. The van der Waals surface area contributed by atoms with Gasteiger partial charge in [0.15, 0.2) is 5.11 Å². The lowest BCUT2D eigenvalue weighted by atomic mass is 9.86. The van der Waals surface area contributed by atoms with Gasteiger partial charge in [-0.2, -0.15) is 0 Å². The zero-order valence-corrected chi connectivity index (χ0v) is 16.4. The van der Waals surface area contributed by atoms with E-state index in [0.29, 0.717) is 19.7 Å². The number of benzene rings is 1. The summed E-state index contributed by atoms with van der Waals surface area (Å²) in [5.41, 5.74) is 2.44. The zero-order chi connectivity index (χ0) is 18.4. The third-order valence-electron chi connectivity index (χ3n) is 4.55. The average molecular weight is 364 g/mol. The highest BCUT2D eigenvalue weighted by molar-refractivity contribution is 7.80. The van der Waals surface area contributed by atoms with E-state index in [1.54, 1.807) is 7.11 Å². The van der Waals surface area contributed by atoms with Crippen molar-refractivity contribution in [2.75, 3.05) is 33.4 Å². The summed E-state index contributed by atoms with van der Waals surface area (Å²) >= 11 is 5.53. The molecular formula is C19H29N3O2S. The van der Waals surface area contributed by atoms with Gasteiger partial charge in [-0.3, -0.25) is 4.79 Å². The third kappa shape index (κ3) is 5.16. The summed E-state index contributed by atoms with van der Waals surface area (Å²) in [5.74, 6) is 0.0840. The number of hydrogen-bond donors (Lipinski definition) is 2. The monoisotopic (exact) mass is 363 g/mol. The average Bonchev–Trinajstić information content (AvgIpc) is 3.00. The Bertz CT molecular complexity index is 606. The number of thiocarbonyl (C=S) groups is 1. The Kier molecular flexibility index (Phi) is 7.20. The third-order valence-corrected chi connectivity index (χ3v) is 4.93. The second-order valence-corrected chi connectivity index (χ2v) is 7.25. The molecule has 1 aromatic carbocycles. The molecule has 2 atom stereocenters. The van der Waals surface area contributed by atoms with Crippen LogP contribution in [0.1, 0.15) is 30.9 Å². The molecule has 2 unspecified atom stereocenters. The molecule has 2 rings (SSSR count). The number of hydrogen-bond acceptors (Lipinski definition) is 3. The van der Waals surface area contributed by atoms with Crippen molar-refractivity contribution in [3.63, 3.8) is 0 Å². The van der Waals surface area contributed by atoms with Gasteiger partial charge in [0.1, 0.15) is 0 Å². The lowest BCUT2D eigenvalue weighted by molar-refractivity contribution is -0.125. The molecule has 2 N–H and O–H groups in total. The first kappa shape index (κ1) is 19.7. The van der Waals surface area contributed by atoms with Gasteiger partial charge in [0.2, 0.25) is 5.91 Å². The van der Waals surface area contributed by atoms with E-state index in [0.717, 1.165) is 11.7 Å². The number of nitrogens with one attached hydrogen (secondary N) is 2. The summed E-state index contributed by atoms with van der Waals surface area (Å²) in [7, 11) is 1.63. The molecule has 1 heterocycles. The number of methoxy groups -OCH3 is 1. The molecule has 0 aliphatic carbocycles. The molecule has 6 heteroatoms. The predicted molar refractivity (Wildman–Crippen MR) is 105 cm³/mol. The first-order chi connectivity index (χ1) is 11.9. The van der Waals surface area contributed by atoms with Gasteiger partial charge in [0.25, 0.3) is 0 Å². The van der Waals surface area contributed by atoms with Gasteiger partial charge in [-0.15, -0.1) is 0 Å². The summed E-state index contributed by atoms with van der Waals surface area (Å²) in [6, 6.07) is 8.57. The standard InChI is InChI=1S/C19H29N3O2S/c1-13(2)21-19(25)22-11-16(15-8-6-5-7-14(15)3)17(12-22)18(23)20-9-10-24-4/h5-8,13,16-17H,9-12H2,1-4H3,(H,20,23)(H,21,25). The zero-order valence-electron chi connectivity index (χ0n) is 15.5. The van der Waals surface area contributed by atoms with Crippen LogP contribution in [0.3, 0.4) is 0 Å². The molecule has 1 fully saturated rings. The van der Waals surface area contributed by atoms with E-state index in [1.807, 2.05) is 12.1 Å². The van der Waals surface area contributed by atoms with Crippen LogP contribution in [0.15, 0.2) is 24.3 Å². The van der Waals surface area contributed by atoms with Crippen LogP contribution < -0.4 is 10.6 Å². The quantitative estimate of drug-likeness (QED) is 0.598. The fraction of sp³-hybridized carbons (Fsp3) is 0.579. The van der Waals surface area contributed by atoms with Gasteiger partial charge in [0, 0.05) is 38.7 Å². The van der Waals surface area contributed by atoms with E-state index >= 15 is 0 Å². The van der Waals surface area contributed by atoms with Crippen molar-refractivity contribution < 1.29 is 9.53 Å². The SMILES string of the molecule is COCCNC(=O)C1CN(C(=S)NC(C)C)CC1c1ccccc1C.